The summed E-state index contributed by atoms with van der Waals surface area (Å²) >= 11 is 0. The van der Waals surface area contributed by atoms with Crippen LogP contribution < -0.4 is 10.6 Å². The lowest BCUT2D eigenvalue weighted by Gasteiger charge is -2.32. The third-order valence-electron chi connectivity index (χ3n) is 5.28. The molecular formula is C18H34F3IN4O. The molecule has 27 heavy (non-hydrogen) atoms. The van der Waals surface area contributed by atoms with Crippen LogP contribution in [-0.2, 0) is 0 Å². The molecule has 1 aliphatic heterocycles. The number of aliphatic hydroxyl groups excluding tert-OH is 1. The van der Waals surface area contributed by atoms with Crippen LogP contribution in [0.4, 0.5) is 13.2 Å². The van der Waals surface area contributed by atoms with Crippen LogP contribution in [0.15, 0.2) is 4.99 Å². The molecule has 1 aliphatic carbocycles. The number of nitrogens with zero attached hydrogens (tertiary/aromatic N) is 2. The number of hydrogen-bond donors (Lipinski definition) is 3. The van der Waals surface area contributed by atoms with Crippen molar-refractivity contribution in [2.24, 2.45) is 10.9 Å². The van der Waals surface area contributed by atoms with Gasteiger partial charge in [0.05, 0.1) is 12.0 Å². The molecule has 3 N–H and O–H groups in total. The van der Waals surface area contributed by atoms with E-state index in [1.807, 2.05) is 6.92 Å². The number of alkyl halides is 3. The number of likely N-dealkylation sites (tertiary alicyclic amines) is 1. The molecule has 2 aliphatic rings. The first-order chi connectivity index (χ1) is 12.4. The average Bonchev–Trinajstić information content (AvgIpc) is 2.60. The number of aliphatic imine (C=N–C) groups is 1. The van der Waals surface area contributed by atoms with Gasteiger partial charge < -0.3 is 20.6 Å². The Labute approximate surface area is 177 Å². The lowest BCUT2D eigenvalue weighted by Crippen LogP contribution is -2.47. The lowest BCUT2D eigenvalue weighted by molar-refractivity contribution is -0.183. The van der Waals surface area contributed by atoms with Crippen molar-refractivity contribution in [1.29, 1.82) is 0 Å². The summed E-state index contributed by atoms with van der Waals surface area (Å²) in [6.07, 6.45) is 0.0228. The zero-order valence-electron chi connectivity index (χ0n) is 16.1. The average molecular weight is 506 g/mol. The molecule has 1 heterocycles. The van der Waals surface area contributed by atoms with Gasteiger partial charge in [0.25, 0.3) is 0 Å². The maximum atomic E-state index is 13.0. The first kappa shape index (κ1) is 24.7. The predicted octanol–water partition coefficient (Wildman–Crippen LogP) is 3.13. The third kappa shape index (κ3) is 9.17. The maximum absolute atomic E-state index is 13.0. The smallest absolute Gasteiger partial charge is 0.391 e. The molecular weight excluding hydrogens is 472 g/mol. The molecule has 2 rings (SSSR count). The van der Waals surface area contributed by atoms with Gasteiger partial charge in [-0.3, -0.25) is 4.99 Å². The predicted molar refractivity (Wildman–Crippen MR) is 113 cm³/mol. The van der Waals surface area contributed by atoms with Crippen LogP contribution in [0.2, 0.25) is 0 Å². The summed E-state index contributed by atoms with van der Waals surface area (Å²) in [6.45, 7) is 6.06. The van der Waals surface area contributed by atoms with Crippen molar-refractivity contribution in [3.8, 4) is 0 Å². The lowest BCUT2D eigenvalue weighted by atomic mass is 9.85. The molecule has 160 valence electrons. The van der Waals surface area contributed by atoms with Gasteiger partial charge in [0.15, 0.2) is 5.96 Å². The van der Waals surface area contributed by atoms with Crippen LogP contribution in [-0.4, -0.2) is 67.0 Å². The fraction of sp³-hybridized carbons (Fsp3) is 0.944. The van der Waals surface area contributed by atoms with Crippen LogP contribution in [0.1, 0.15) is 51.9 Å². The highest BCUT2D eigenvalue weighted by Crippen LogP contribution is 2.37. The topological polar surface area (TPSA) is 59.9 Å². The van der Waals surface area contributed by atoms with E-state index < -0.39 is 12.1 Å². The molecule has 2 unspecified atom stereocenters. The van der Waals surface area contributed by atoms with Crippen LogP contribution in [0.3, 0.4) is 0 Å². The Morgan fingerprint density at radius 1 is 1.19 bits per heavy atom. The van der Waals surface area contributed by atoms with Gasteiger partial charge in [-0.05, 0) is 52.0 Å². The number of nitrogens with one attached hydrogen (secondary N) is 2. The van der Waals surface area contributed by atoms with Gasteiger partial charge in [-0.15, -0.1) is 24.0 Å². The second-order valence-corrected chi connectivity index (χ2v) is 7.43. The number of halogens is 4. The van der Waals surface area contributed by atoms with Crippen LogP contribution in [0.25, 0.3) is 0 Å². The molecule has 1 saturated heterocycles. The molecule has 0 bridgehead atoms. The number of aliphatic hydroxyl groups is 1. The zero-order chi connectivity index (χ0) is 19.0. The SMILES string of the molecule is CCNC(=NCCCN1CCC(O)CC1)NC1CCCC(C(F)(F)F)C1.I. The van der Waals surface area contributed by atoms with E-state index in [4.69, 9.17) is 0 Å². The number of rotatable bonds is 6. The summed E-state index contributed by atoms with van der Waals surface area (Å²) in [5, 5.41) is 15.9. The molecule has 2 fully saturated rings. The van der Waals surface area contributed by atoms with Crippen LogP contribution in [0.5, 0.6) is 0 Å². The van der Waals surface area contributed by atoms with Gasteiger partial charge in [-0.1, -0.05) is 6.42 Å². The largest absolute Gasteiger partial charge is 0.393 e. The van der Waals surface area contributed by atoms with Crippen molar-refractivity contribution in [1.82, 2.24) is 15.5 Å². The first-order valence-electron chi connectivity index (χ1n) is 9.90. The van der Waals surface area contributed by atoms with Gasteiger partial charge in [-0.25, -0.2) is 0 Å². The quantitative estimate of drug-likeness (QED) is 0.224. The first-order valence-corrected chi connectivity index (χ1v) is 9.90. The Morgan fingerprint density at radius 2 is 1.89 bits per heavy atom. The van der Waals surface area contributed by atoms with Crippen molar-refractivity contribution in [2.75, 3.05) is 32.7 Å². The van der Waals surface area contributed by atoms with Crippen LogP contribution in [0, 0.1) is 5.92 Å². The Hall–Kier alpha value is -0.290. The summed E-state index contributed by atoms with van der Waals surface area (Å²) in [5.74, 6) is -0.583. The molecule has 0 aromatic heterocycles. The Kier molecular flexibility index (Phi) is 11.3. The van der Waals surface area contributed by atoms with E-state index in [0.717, 1.165) is 45.3 Å². The van der Waals surface area contributed by atoms with Crippen molar-refractivity contribution < 1.29 is 18.3 Å². The molecule has 0 aromatic carbocycles. The van der Waals surface area contributed by atoms with Crippen molar-refractivity contribution in [2.45, 2.75) is 70.2 Å². The van der Waals surface area contributed by atoms with Crippen molar-refractivity contribution in [3.05, 3.63) is 0 Å². The van der Waals surface area contributed by atoms with E-state index in [1.165, 1.54) is 0 Å². The molecule has 1 saturated carbocycles. The fourth-order valence-electron chi connectivity index (χ4n) is 3.76. The molecule has 0 spiro atoms. The zero-order valence-corrected chi connectivity index (χ0v) is 18.4. The summed E-state index contributed by atoms with van der Waals surface area (Å²) in [6, 6.07) is -0.170. The van der Waals surface area contributed by atoms with E-state index in [2.05, 4.69) is 20.5 Å². The standard InChI is InChI=1S/C18H33F3N4O.HI/c1-2-22-17(23-9-4-10-25-11-7-16(26)8-12-25)24-15-6-3-5-14(13-15)18(19,20)21;/h14-16,26H,2-13H2,1H3,(H2,22,23,24);1H. The number of piperidine rings is 1. The fourth-order valence-corrected chi connectivity index (χ4v) is 3.76. The van der Waals surface area contributed by atoms with E-state index in [-0.39, 0.29) is 49.0 Å². The van der Waals surface area contributed by atoms with Crippen LogP contribution >= 0.6 is 24.0 Å². The monoisotopic (exact) mass is 506 g/mol. The van der Waals surface area contributed by atoms with E-state index in [1.54, 1.807) is 0 Å². The van der Waals surface area contributed by atoms with Gasteiger partial charge >= 0.3 is 6.18 Å². The Balaban J connectivity index is 0.00000364. The molecule has 2 atom stereocenters. The van der Waals surface area contributed by atoms with Crippen molar-refractivity contribution in [3.63, 3.8) is 0 Å². The summed E-state index contributed by atoms with van der Waals surface area (Å²) in [4.78, 5) is 6.86. The molecule has 0 amide bonds. The molecule has 0 radical (unpaired) electrons. The molecule has 0 aromatic rings. The Morgan fingerprint density at radius 3 is 2.52 bits per heavy atom. The highest BCUT2D eigenvalue weighted by atomic mass is 127. The summed E-state index contributed by atoms with van der Waals surface area (Å²) in [5.41, 5.74) is 0. The minimum absolute atomic E-state index is 0. The summed E-state index contributed by atoms with van der Waals surface area (Å²) < 4.78 is 38.9. The van der Waals surface area contributed by atoms with E-state index in [9.17, 15) is 18.3 Å². The van der Waals surface area contributed by atoms with Crippen molar-refractivity contribution >= 4 is 29.9 Å². The number of guanidine groups is 1. The maximum Gasteiger partial charge on any atom is 0.391 e. The van der Waals surface area contributed by atoms with Gasteiger partial charge in [0.2, 0.25) is 0 Å². The second-order valence-electron chi connectivity index (χ2n) is 7.43. The highest BCUT2D eigenvalue weighted by Gasteiger charge is 2.42. The normalized spacial score (nSPS) is 25.7. The third-order valence-corrected chi connectivity index (χ3v) is 5.28. The van der Waals surface area contributed by atoms with E-state index >= 15 is 0 Å². The summed E-state index contributed by atoms with van der Waals surface area (Å²) in [7, 11) is 0. The minimum Gasteiger partial charge on any atom is -0.393 e. The van der Waals surface area contributed by atoms with Gasteiger partial charge in [0, 0.05) is 32.2 Å². The van der Waals surface area contributed by atoms with Gasteiger partial charge in [0.1, 0.15) is 0 Å². The molecule has 5 nitrogen and oxygen atoms in total. The number of hydrogen-bond acceptors (Lipinski definition) is 3. The highest BCUT2D eigenvalue weighted by molar-refractivity contribution is 14.0. The van der Waals surface area contributed by atoms with Gasteiger partial charge in [-0.2, -0.15) is 13.2 Å². The minimum atomic E-state index is -4.10. The molecule has 9 heteroatoms. The van der Waals surface area contributed by atoms with E-state index in [0.29, 0.717) is 25.5 Å². The Bertz CT molecular complexity index is 443. The second kappa shape index (κ2) is 12.3.